The zero-order chi connectivity index (χ0) is 12.6. The quantitative estimate of drug-likeness (QED) is 0.542. The lowest BCUT2D eigenvalue weighted by Crippen LogP contribution is -1.95. The molecule has 2 rings (SSSR count). The molecule has 1 unspecified atom stereocenters. The van der Waals surface area contributed by atoms with E-state index in [9.17, 15) is 4.39 Å². The summed E-state index contributed by atoms with van der Waals surface area (Å²) in [6, 6.07) is 6.48. The zero-order valence-electron chi connectivity index (χ0n) is 8.18. The number of rotatable bonds is 2. The van der Waals surface area contributed by atoms with Gasteiger partial charge in [0.2, 0.25) is 0 Å². The third kappa shape index (κ3) is 2.79. The van der Waals surface area contributed by atoms with E-state index < -0.39 is 11.2 Å². The topological polar surface area (TPSA) is 0 Å². The summed E-state index contributed by atoms with van der Waals surface area (Å²) in [5.74, 6) is -0.491. The van der Waals surface area contributed by atoms with Gasteiger partial charge in [0.1, 0.15) is 5.82 Å². The van der Waals surface area contributed by atoms with Crippen LogP contribution < -0.4 is 0 Å². The van der Waals surface area contributed by atoms with Gasteiger partial charge in [-0.15, -0.1) is 22.9 Å². The molecule has 0 saturated heterocycles. The van der Waals surface area contributed by atoms with Gasteiger partial charge < -0.3 is 0 Å². The van der Waals surface area contributed by atoms with Crippen molar-refractivity contribution in [3.05, 3.63) is 54.4 Å². The van der Waals surface area contributed by atoms with Crippen LogP contribution in [0.4, 0.5) is 4.39 Å². The Morgan fingerprint density at radius 3 is 2.53 bits per heavy atom. The molecule has 1 heterocycles. The van der Waals surface area contributed by atoms with Crippen LogP contribution in [0.25, 0.3) is 0 Å². The highest BCUT2D eigenvalue weighted by molar-refractivity contribution is 9.11. The maximum Gasteiger partial charge on any atom is 0.146 e. The van der Waals surface area contributed by atoms with Gasteiger partial charge in [0.05, 0.1) is 19.2 Å². The second kappa shape index (κ2) is 5.45. The Hall–Kier alpha value is 0.200. The molecule has 0 spiro atoms. The van der Waals surface area contributed by atoms with Crippen LogP contribution >= 0.6 is 62.1 Å². The van der Waals surface area contributed by atoms with Crippen molar-refractivity contribution < 1.29 is 4.39 Å². The van der Waals surface area contributed by atoms with Gasteiger partial charge in [0.15, 0.2) is 0 Å². The molecule has 0 amide bonds. The van der Waals surface area contributed by atoms with Gasteiger partial charge in [-0.1, -0.05) is 35.3 Å². The van der Waals surface area contributed by atoms with Crippen LogP contribution in [0.3, 0.4) is 0 Å². The van der Waals surface area contributed by atoms with Gasteiger partial charge in [0.25, 0.3) is 0 Å². The molecular weight excluding hydrogens is 369 g/mol. The third-order valence-corrected chi connectivity index (χ3v) is 5.60. The summed E-state index contributed by atoms with van der Waals surface area (Å²) in [6.07, 6.45) is 0. The summed E-state index contributed by atoms with van der Waals surface area (Å²) < 4.78 is 14.6. The first-order valence-corrected chi connectivity index (χ1v) is 7.33. The van der Waals surface area contributed by atoms with Gasteiger partial charge in [0, 0.05) is 10.4 Å². The maximum absolute atomic E-state index is 13.8. The zero-order valence-corrected chi connectivity index (χ0v) is 12.9. The highest BCUT2D eigenvalue weighted by atomic mass is 79.9. The minimum atomic E-state index is -0.595. The molecule has 1 aromatic carbocycles. The first kappa shape index (κ1) is 13.6. The predicted octanol–water partition coefficient (Wildman–Crippen LogP) is 6.28. The molecule has 2 aromatic rings. The minimum Gasteiger partial charge on any atom is -0.205 e. The van der Waals surface area contributed by atoms with Crippen molar-refractivity contribution >= 4 is 62.1 Å². The standard InChI is InChI=1S/C11H5BrCl3FS/c12-11-7(14)4-8(17-11)9(15)5-2-1-3-6(13)10(5)16/h1-4,9H. The van der Waals surface area contributed by atoms with Crippen LogP contribution in [0.1, 0.15) is 15.8 Å². The lowest BCUT2D eigenvalue weighted by atomic mass is 10.1. The van der Waals surface area contributed by atoms with Crippen molar-refractivity contribution in [3.63, 3.8) is 0 Å². The van der Waals surface area contributed by atoms with Crippen molar-refractivity contribution in [2.45, 2.75) is 5.38 Å². The molecule has 0 aliphatic rings. The van der Waals surface area contributed by atoms with E-state index in [1.807, 2.05) is 0 Å². The number of hydrogen-bond donors (Lipinski definition) is 0. The summed E-state index contributed by atoms with van der Waals surface area (Å²) in [4.78, 5) is 0.768. The molecule has 0 saturated carbocycles. The normalized spacial score (nSPS) is 12.8. The predicted molar refractivity (Wildman–Crippen MR) is 76.1 cm³/mol. The molecule has 6 heteroatoms. The Morgan fingerprint density at radius 1 is 1.24 bits per heavy atom. The van der Waals surface area contributed by atoms with Crippen LogP contribution in [-0.2, 0) is 0 Å². The fourth-order valence-electron chi connectivity index (χ4n) is 1.36. The fraction of sp³-hybridized carbons (Fsp3) is 0.0909. The van der Waals surface area contributed by atoms with Crippen molar-refractivity contribution in [1.29, 1.82) is 0 Å². The van der Waals surface area contributed by atoms with E-state index in [0.29, 0.717) is 10.6 Å². The molecule has 0 N–H and O–H groups in total. The van der Waals surface area contributed by atoms with E-state index in [1.54, 1.807) is 18.2 Å². The average Bonchev–Trinajstić information content (AvgIpc) is 2.62. The van der Waals surface area contributed by atoms with Crippen LogP contribution in [0.15, 0.2) is 28.1 Å². The Kier molecular flexibility index (Phi) is 4.37. The van der Waals surface area contributed by atoms with E-state index in [0.717, 1.165) is 8.66 Å². The third-order valence-electron chi connectivity index (χ3n) is 2.17. The lowest BCUT2D eigenvalue weighted by Gasteiger charge is -2.09. The lowest BCUT2D eigenvalue weighted by molar-refractivity contribution is 0.613. The van der Waals surface area contributed by atoms with Gasteiger partial charge >= 0.3 is 0 Å². The van der Waals surface area contributed by atoms with Crippen LogP contribution in [0.2, 0.25) is 10.0 Å². The first-order chi connectivity index (χ1) is 8.00. The molecule has 0 aliphatic heterocycles. The maximum atomic E-state index is 13.8. The SMILES string of the molecule is Fc1c(Cl)cccc1C(Cl)c1cc(Cl)c(Br)s1. The molecule has 17 heavy (non-hydrogen) atoms. The van der Waals surface area contributed by atoms with E-state index >= 15 is 0 Å². The molecule has 0 fully saturated rings. The second-order valence-electron chi connectivity index (χ2n) is 3.28. The molecule has 0 nitrogen and oxygen atoms in total. The van der Waals surface area contributed by atoms with E-state index in [-0.39, 0.29) is 5.02 Å². The highest BCUT2D eigenvalue weighted by Gasteiger charge is 2.20. The summed E-state index contributed by atoms with van der Waals surface area (Å²) in [7, 11) is 0. The average molecular weight is 374 g/mol. The molecule has 1 atom stereocenters. The van der Waals surface area contributed by atoms with Gasteiger partial charge in [-0.2, -0.15) is 0 Å². The molecule has 0 bridgehead atoms. The number of benzene rings is 1. The largest absolute Gasteiger partial charge is 0.205 e. The number of thiophene rings is 1. The van der Waals surface area contributed by atoms with E-state index in [2.05, 4.69) is 15.9 Å². The van der Waals surface area contributed by atoms with Gasteiger partial charge in [-0.3, -0.25) is 0 Å². The molecular formula is C11H5BrCl3FS. The summed E-state index contributed by atoms with van der Waals surface area (Å²) in [6.45, 7) is 0. The Labute approximate surface area is 125 Å². The van der Waals surface area contributed by atoms with E-state index in [4.69, 9.17) is 34.8 Å². The minimum absolute atomic E-state index is 0.0647. The van der Waals surface area contributed by atoms with Crippen molar-refractivity contribution in [1.82, 2.24) is 0 Å². The van der Waals surface area contributed by atoms with Crippen LogP contribution in [-0.4, -0.2) is 0 Å². The second-order valence-corrected chi connectivity index (χ2v) is 6.93. The van der Waals surface area contributed by atoms with Crippen molar-refractivity contribution in [3.8, 4) is 0 Å². The fourth-order valence-corrected chi connectivity index (χ4v) is 3.65. The number of hydrogen-bond acceptors (Lipinski definition) is 1. The summed E-state index contributed by atoms with van der Waals surface area (Å²) in [5.41, 5.74) is 0.351. The first-order valence-electron chi connectivity index (χ1n) is 4.53. The van der Waals surface area contributed by atoms with Gasteiger partial charge in [-0.25, -0.2) is 4.39 Å². The molecule has 0 aliphatic carbocycles. The molecule has 1 aromatic heterocycles. The Balaban J connectivity index is 2.43. The summed E-state index contributed by atoms with van der Waals surface area (Å²) >= 11 is 22.5. The Morgan fingerprint density at radius 2 is 1.94 bits per heavy atom. The monoisotopic (exact) mass is 372 g/mol. The van der Waals surface area contributed by atoms with Gasteiger partial charge in [-0.05, 0) is 28.1 Å². The van der Waals surface area contributed by atoms with Crippen molar-refractivity contribution in [2.24, 2.45) is 0 Å². The van der Waals surface area contributed by atoms with E-state index in [1.165, 1.54) is 17.4 Å². The number of halogens is 5. The smallest absolute Gasteiger partial charge is 0.146 e. The van der Waals surface area contributed by atoms with Crippen molar-refractivity contribution in [2.75, 3.05) is 0 Å². The molecule has 0 radical (unpaired) electrons. The Bertz CT molecular complexity index is 536. The molecule has 90 valence electrons. The van der Waals surface area contributed by atoms with Crippen LogP contribution in [0, 0.1) is 5.82 Å². The summed E-state index contributed by atoms with van der Waals surface area (Å²) in [5, 5.41) is 0.0375. The van der Waals surface area contributed by atoms with Crippen LogP contribution in [0.5, 0.6) is 0 Å². The number of alkyl halides is 1. The highest BCUT2D eigenvalue weighted by Crippen LogP contribution is 2.41.